The molecule has 0 fully saturated rings. The van der Waals surface area contributed by atoms with E-state index >= 15 is 0 Å². The second-order valence-corrected chi connectivity index (χ2v) is 5.70. The Kier molecular flexibility index (Phi) is 5.85. The van der Waals surface area contributed by atoms with Crippen molar-refractivity contribution in [1.82, 2.24) is 4.98 Å². The molecule has 1 heterocycles. The lowest BCUT2D eigenvalue weighted by Gasteiger charge is -2.16. The van der Waals surface area contributed by atoms with Gasteiger partial charge in [0, 0.05) is 17.3 Å². The van der Waals surface area contributed by atoms with Crippen LogP contribution >= 0.6 is 23.2 Å². The van der Waals surface area contributed by atoms with Crippen LogP contribution in [0.2, 0.25) is 10.0 Å². The van der Waals surface area contributed by atoms with Crippen LogP contribution in [0.3, 0.4) is 0 Å². The molecule has 0 spiro atoms. The van der Waals surface area contributed by atoms with Gasteiger partial charge in [-0.3, -0.25) is 4.98 Å². The summed E-state index contributed by atoms with van der Waals surface area (Å²) in [7, 11) is 0. The number of rotatable bonds is 6. The summed E-state index contributed by atoms with van der Waals surface area (Å²) >= 11 is 12.3. The van der Waals surface area contributed by atoms with E-state index in [9.17, 15) is 0 Å². The summed E-state index contributed by atoms with van der Waals surface area (Å²) < 4.78 is 5.85. The first-order chi connectivity index (χ1) is 10.1. The van der Waals surface area contributed by atoms with Crippen LogP contribution in [0.15, 0.2) is 36.5 Å². The maximum absolute atomic E-state index is 6.26. The molecule has 0 saturated carbocycles. The second-order valence-electron chi connectivity index (χ2n) is 4.86. The van der Waals surface area contributed by atoms with Gasteiger partial charge in [-0.15, -0.1) is 0 Å². The zero-order valence-electron chi connectivity index (χ0n) is 11.9. The number of benzene rings is 1. The van der Waals surface area contributed by atoms with Crippen molar-refractivity contribution < 1.29 is 4.74 Å². The minimum atomic E-state index is 0.0525. The van der Waals surface area contributed by atoms with Gasteiger partial charge in [0.1, 0.15) is 12.4 Å². The maximum Gasteiger partial charge on any atom is 0.141 e. The first-order valence-electron chi connectivity index (χ1n) is 6.86. The van der Waals surface area contributed by atoms with Crippen LogP contribution in [0.1, 0.15) is 24.6 Å². The number of hydrogen-bond donors (Lipinski definition) is 1. The molecule has 1 aromatic heterocycles. The van der Waals surface area contributed by atoms with Crippen LogP contribution in [0, 0.1) is 0 Å². The Bertz CT molecular complexity index is 590. The number of ether oxygens (including phenoxy) is 1. The molecule has 0 amide bonds. The Balaban J connectivity index is 2.20. The normalized spacial score (nSPS) is 12.2. The third-order valence-electron chi connectivity index (χ3n) is 3.18. The SMILES string of the molecule is CCC(N)Cc1cc(Cl)cc(Cl)c1OCc1ccccn1. The molecule has 0 radical (unpaired) electrons. The van der Waals surface area contributed by atoms with Crippen molar-refractivity contribution in [2.24, 2.45) is 5.73 Å². The van der Waals surface area contributed by atoms with Gasteiger partial charge in [-0.2, -0.15) is 0 Å². The number of nitrogens with zero attached hydrogens (tertiary/aromatic N) is 1. The van der Waals surface area contributed by atoms with E-state index < -0.39 is 0 Å². The van der Waals surface area contributed by atoms with Crippen molar-refractivity contribution in [3.05, 3.63) is 57.8 Å². The third-order valence-corrected chi connectivity index (χ3v) is 3.68. The van der Waals surface area contributed by atoms with Gasteiger partial charge in [-0.25, -0.2) is 0 Å². The molecule has 0 bridgehead atoms. The number of pyridine rings is 1. The summed E-state index contributed by atoms with van der Waals surface area (Å²) in [5.74, 6) is 0.635. The van der Waals surface area contributed by atoms with Crippen molar-refractivity contribution in [2.75, 3.05) is 0 Å². The summed E-state index contributed by atoms with van der Waals surface area (Å²) in [5.41, 5.74) is 7.80. The highest BCUT2D eigenvalue weighted by atomic mass is 35.5. The molecule has 2 N–H and O–H groups in total. The lowest BCUT2D eigenvalue weighted by molar-refractivity contribution is 0.297. The highest BCUT2D eigenvalue weighted by Gasteiger charge is 2.13. The molecular formula is C16H18Cl2N2O. The maximum atomic E-state index is 6.26. The molecular weight excluding hydrogens is 307 g/mol. The molecule has 0 aliphatic heterocycles. The second kappa shape index (κ2) is 7.64. The number of hydrogen-bond acceptors (Lipinski definition) is 3. The monoisotopic (exact) mass is 324 g/mol. The van der Waals surface area contributed by atoms with E-state index in [0.29, 0.717) is 28.8 Å². The zero-order chi connectivity index (χ0) is 15.2. The minimum Gasteiger partial charge on any atom is -0.485 e. The molecule has 1 atom stereocenters. The van der Waals surface area contributed by atoms with Crippen molar-refractivity contribution in [2.45, 2.75) is 32.4 Å². The summed E-state index contributed by atoms with van der Waals surface area (Å²) in [6.45, 7) is 2.40. The number of nitrogens with two attached hydrogens (primary N) is 1. The average Bonchev–Trinajstić information content (AvgIpc) is 2.47. The van der Waals surface area contributed by atoms with Gasteiger partial charge in [-0.05, 0) is 42.7 Å². The van der Waals surface area contributed by atoms with E-state index in [-0.39, 0.29) is 6.04 Å². The van der Waals surface area contributed by atoms with Crippen LogP contribution in [0.5, 0.6) is 5.75 Å². The first kappa shape index (κ1) is 16.1. The van der Waals surface area contributed by atoms with E-state index in [1.807, 2.05) is 31.2 Å². The third kappa shape index (κ3) is 4.60. The van der Waals surface area contributed by atoms with Crippen molar-refractivity contribution in [3.8, 4) is 5.75 Å². The van der Waals surface area contributed by atoms with Gasteiger partial charge in [0.25, 0.3) is 0 Å². The van der Waals surface area contributed by atoms with Gasteiger partial charge in [-0.1, -0.05) is 36.2 Å². The molecule has 0 aliphatic carbocycles. The highest BCUT2D eigenvalue weighted by Crippen LogP contribution is 2.33. The molecule has 112 valence electrons. The molecule has 0 saturated heterocycles. The summed E-state index contributed by atoms with van der Waals surface area (Å²) in [6, 6.07) is 9.28. The lowest BCUT2D eigenvalue weighted by Crippen LogP contribution is -2.21. The van der Waals surface area contributed by atoms with E-state index in [4.69, 9.17) is 33.7 Å². The van der Waals surface area contributed by atoms with Gasteiger partial charge in [0.2, 0.25) is 0 Å². The van der Waals surface area contributed by atoms with E-state index in [2.05, 4.69) is 4.98 Å². The topological polar surface area (TPSA) is 48.1 Å². The van der Waals surface area contributed by atoms with Crippen LogP contribution in [-0.4, -0.2) is 11.0 Å². The fourth-order valence-corrected chi connectivity index (χ4v) is 2.57. The van der Waals surface area contributed by atoms with Gasteiger partial charge < -0.3 is 10.5 Å². The highest BCUT2D eigenvalue weighted by molar-refractivity contribution is 6.35. The molecule has 0 aliphatic rings. The van der Waals surface area contributed by atoms with Crippen molar-refractivity contribution >= 4 is 23.2 Å². The Labute approximate surface area is 135 Å². The Morgan fingerprint density at radius 3 is 2.76 bits per heavy atom. The number of aromatic nitrogens is 1. The molecule has 21 heavy (non-hydrogen) atoms. The Hall–Kier alpha value is -1.29. The molecule has 2 rings (SSSR count). The van der Waals surface area contributed by atoms with Gasteiger partial charge >= 0.3 is 0 Å². The largest absolute Gasteiger partial charge is 0.485 e. The molecule has 1 unspecified atom stereocenters. The van der Waals surface area contributed by atoms with Gasteiger partial charge in [0.15, 0.2) is 0 Å². The Morgan fingerprint density at radius 2 is 2.10 bits per heavy atom. The first-order valence-corrected chi connectivity index (χ1v) is 7.62. The van der Waals surface area contributed by atoms with Crippen LogP contribution in [-0.2, 0) is 13.0 Å². The standard InChI is InChI=1S/C16H18Cl2N2O/c1-2-13(19)8-11-7-12(17)9-15(18)16(11)21-10-14-5-3-4-6-20-14/h3-7,9,13H,2,8,10,19H2,1H3. The Morgan fingerprint density at radius 1 is 1.29 bits per heavy atom. The quantitative estimate of drug-likeness (QED) is 0.864. The van der Waals surface area contributed by atoms with Crippen molar-refractivity contribution in [1.29, 1.82) is 0 Å². The predicted molar refractivity (Wildman–Crippen MR) is 87.0 cm³/mol. The van der Waals surface area contributed by atoms with E-state index in [1.165, 1.54) is 0 Å². The fourth-order valence-electron chi connectivity index (χ4n) is 1.98. The summed E-state index contributed by atoms with van der Waals surface area (Å²) in [5, 5.41) is 1.08. The fraction of sp³-hybridized carbons (Fsp3) is 0.312. The number of halogens is 2. The molecule has 2 aromatic rings. The van der Waals surface area contributed by atoms with Crippen LogP contribution in [0.25, 0.3) is 0 Å². The van der Waals surface area contributed by atoms with Crippen LogP contribution in [0.4, 0.5) is 0 Å². The minimum absolute atomic E-state index is 0.0525. The molecule has 3 nitrogen and oxygen atoms in total. The lowest BCUT2D eigenvalue weighted by atomic mass is 10.0. The molecule has 5 heteroatoms. The van der Waals surface area contributed by atoms with Gasteiger partial charge in [0.05, 0.1) is 10.7 Å². The summed E-state index contributed by atoms with van der Waals surface area (Å²) in [6.07, 6.45) is 3.29. The van der Waals surface area contributed by atoms with Crippen LogP contribution < -0.4 is 10.5 Å². The van der Waals surface area contributed by atoms with E-state index in [0.717, 1.165) is 17.7 Å². The van der Waals surface area contributed by atoms with Crippen molar-refractivity contribution in [3.63, 3.8) is 0 Å². The van der Waals surface area contributed by atoms with E-state index in [1.54, 1.807) is 12.3 Å². The average molecular weight is 325 g/mol. The summed E-state index contributed by atoms with van der Waals surface area (Å²) in [4.78, 5) is 4.23. The molecule has 1 aromatic carbocycles. The predicted octanol–water partition coefficient (Wildman–Crippen LogP) is 4.25. The zero-order valence-corrected chi connectivity index (χ0v) is 13.4. The smallest absolute Gasteiger partial charge is 0.141 e.